The van der Waals surface area contributed by atoms with E-state index in [-0.39, 0.29) is 42.8 Å². The summed E-state index contributed by atoms with van der Waals surface area (Å²) in [5.74, 6) is -1.31. The highest BCUT2D eigenvalue weighted by molar-refractivity contribution is 5.98. The van der Waals surface area contributed by atoms with Crippen molar-refractivity contribution in [3.8, 4) is 0 Å². The van der Waals surface area contributed by atoms with Gasteiger partial charge >= 0.3 is 5.97 Å². The van der Waals surface area contributed by atoms with Crippen LogP contribution in [-0.2, 0) is 20.9 Å². The number of nitrogens with zero attached hydrogens (tertiary/aromatic N) is 6. The molecule has 6 N–H and O–H groups in total. The predicted molar refractivity (Wildman–Crippen MR) is 188 cm³/mol. The van der Waals surface area contributed by atoms with E-state index in [1.54, 1.807) is 55.5 Å². The number of aromatic nitrogens is 3. The lowest BCUT2D eigenvalue weighted by Gasteiger charge is -2.27. The quantitative estimate of drug-likeness (QED) is 0.183. The molecule has 3 aromatic rings. The molecule has 1 aromatic carbocycles. The highest BCUT2D eigenvalue weighted by Crippen LogP contribution is 2.22. The van der Waals surface area contributed by atoms with E-state index < -0.39 is 23.8 Å². The molecule has 1 aliphatic rings. The smallest absolute Gasteiger partial charge is 0.303 e. The number of benzene rings is 1. The van der Waals surface area contributed by atoms with Crippen LogP contribution in [0.2, 0.25) is 0 Å². The van der Waals surface area contributed by atoms with Gasteiger partial charge in [-0.25, -0.2) is 9.97 Å². The fourth-order valence-corrected chi connectivity index (χ4v) is 5.72. The number of amides is 3. The number of carboxylic acid groups (broad SMARTS) is 1. The van der Waals surface area contributed by atoms with Crippen LogP contribution in [-0.4, -0.2) is 93.8 Å². The number of nitrogens with two attached hydrogens (primary N) is 2. The van der Waals surface area contributed by atoms with Gasteiger partial charge in [-0.15, -0.1) is 0 Å². The summed E-state index contributed by atoms with van der Waals surface area (Å²) in [4.78, 5) is 68.8. The summed E-state index contributed by atoms with van der Waals surface area (Å²) in [6.45, 7) is 0.950. The first-order valence-corrected chi connectivity index (χ1v) is 16.6. The van der Waals surface area contributed by atoms with E-state index in [1.165, 1.54) is 17.7 Å². The Morgan fingerprint density at radius 3 is 2.47 bits per heavy atom. The molecule has 0 radical (unpaired) electrons. The predicted octanol–water partition coefficient (Wildman–Crippen LogP) is 3.23. The molecule has 0 bridgehead atoms. The lowest BCUT2D eigenvalue weighted by Crippen LogP contribution is -2.49. The summed E-state index contributed by atoms with van der Waals surface area (Å²) in [6.07, 6.45) is 11.5. The van der Waals surface area contributed by atoms with Crippen molar-refractivity contribution >= 4 is 52.0 Å². The van der Waals surface area contributed by atoms with Gasteiger partial charge in [0.15, 0.2) is 5.82 Å². The Hall–Kier alpha value is -5.27. The number of anilines is 3. The fourth-order valence-electron chi connectivity index (χ4n) is 5.72. The summed E-state index contributed by atoms with van der Waals surface area (Å²) in [5, 5.41) is 12.0. The topological polar surface area (TPSA) is 201 Å². The van der Waals surface area contributed by atoms with Crippen LogP contribution in [0.25, 0.3) is 11.0 Å². The molecule has 4 rings (SSSR count). The van der Waals surface area contributed by atoms with E-state index >= 15 is 0 Å². The van der Waals surface area contributed by atoms with Crippen molar-refractivity contribution in [1.29, 1.82) is 0 Å². The van der Waals surface area contributed by atoms with E-state index in [2.05, 4.69) is 32.4 Å². The van der Waals surface area contributed by atoms with Crippen molar-refractivity contribution in [2.24, 2.45) is 5.92 Å². The zero-order valence-corrected chi connectivity index (χ0v) is 28.5. The van der Waals surface area contributed by atoms with Crippen LogP contribution in [0.5, 0.6) is 0 Å². The maximum absolute atomic E-state index is 13.4. The van der Waals surface area contributed by atoms with Gasteiger partial charge < -0.3 is 36.6 Å². The number of fused-ring (bicyclic) bond motifs is 1. The zero-order valence-electron chi connectivity index (χ0n) is 28.5. The van der Waals surface area contributed by atoms with Crippen LogP contribution in [0, 0.1) is 5.92 Å². The van der Waals surface area contributed by atoms with Crippen molar-refractivity contribution in [1.82, 2.24) is 30.1 Å². The molecule has 0 saturated carbocycles. The number of pyridine rings is 1. The van der Waals surface area contributed by atoms with E-state index in [4.69, 9.17) is 11.5 Å². The summed E-state index contributed by atoms with van der Waals surface area (Å²) in [6, 6.07) is 7.34. The van der Waals surface area contributed by atoms with Crippen molar-refractivity contribution in [3.63, 3.8) is 0 Å². The van der Waals surface area contributed by atoms with Gasteiger partial charge in [-0.2, -0.15) is 0 Å². The number of carbonyl (C=O) groups excluding carboxylic acids is 3. The molecule has 262 valence electrons. The SMILES string of the molecule is CN(CCN(C)C(=O)[C@H](CCC(=O)O)NC(=O)c1ccc(N(C)Cc2cnc3cc(N)nc(N)c3n2)cc1)C(=O)CC1/C=C/CCCCC1. The lowest BCUT2D eigenvalue weighted by atomic mass is 9.93. The van der Waals surface area contributed by atoms with Crippen molar-refractivity contribution in [2.45, 2.75) is 64.0 Å². The van der Waals surface area contributed by atoms with Crippen LogP contribution in [0.3, 0.4) is 0 Å². The Balaban J connectivity index is 1.33. The molecule has 1 aliphatic carbocycles. The number of allylic oxidation sites excluding steroid dienone is 2. The number of carboxylic acids is 1. The highest BCUT2D eigenvalue weighted by atomic mass is 16.4. The third-order valence-electron chi connectivity index (χ3n) is 8.71. The first-order chi connectivity index (χ1) is 23.4. The van der Waals surface area contributed by atoms with E-state index in [9.17, 15) is 24.3 Å². The molecule has 0 spiro atoms. The van der Waals surface area contributed by atoms with Crippen LogP contribution < -0.4 is 21.7 Å². The number of nitrogen functional groups attached to an aromatic ring is 2. The number of hydrogen-bond donors (Lipinski definition) is 4. The van der Waals surface area contributed by atoms with Crippen molar-refractivity contribution in [3.05, 3.63) is 59.9 Å². The molecule has 3 amide bonds. The van der Waals surface area contributed by atoms with Gasteiger partial charge in [0.1, 0.15) is 17.4 Å². The summed E-state index contributed by atoms with van der Waals surface area (Å²) >= 11 is 0. The van der Waals surface area contributed by atoms with Gasteiger partial charge in [0.25, 0.3) is 5.91 Å². The molecule has 14 nitrogen and oxygen atoms in total. The van der Waals surface area contributed by atoms with Gasteiger partial charge in [0, 0.05) is 64.4 Å². The number of likely N-dealkylation sites (N-methyl/N-ethyl adjacent to an activating group) is 2. The Morgan fingerprint density at radius 2 is 1.73 bits per heavy atom. The molecule has 1 unspecified atom stereocenters. The third kappa shape index (κ3) is 10.6. The van der Waals surface area contributed by atoms with Gasteiger partial charge in [0.2, 0.25) is 11.8 Å². The molecular formula is C35H47N9O5. The van der Waals surface area contributed by atoms with Crippen molar-refractivity contribution in [2.75, 3.05) is 50.6 Å². The van der Waals surface area contributed by atoms with Gasteiger partial charge in [-0.05, 0) is 55.9 Å². The average Bonchev–Trinajstić information content (AvgIpc) is 3.06. The Labute approximate surface area is 286 Å². The fraction of sp³-hybridized carbons (Fsp3) is 0.457. The molecule has 2 atom stereocenters. The largest absolute Gasteiger partial charge is 0.481 e. The maximum atomic E-state index is 13.4. The first kappa shape index (κ1) is 36.6. The minimum Gasteiger partial charge on any atom is -0.481 e. The zero-order chi connectivity index (χ0) is 35.5. The molecule has 49 heavy (non-hydrogen) atoms. The number of carbonyl (C=O) groups is 4. The third-order valence-corrected chi connectivity index (χ3v) is 8.71. The Bertz CT molecular complexity index is 1660. The normalized spacial score (nSPS) is 15.8. The summed E-state index contributed by atoms with van der Waals surface area (Å²) < 4.78 is 0. The van der Waals surface area contributed by atoms with Crippen LogP contribution in [0.15, 0.2) is 48.7 Å². The van der Waals surface area contributed by atoms with Gasteiger partial charge in [0.05, 0.1) is 24.0 Å². The number of aliphatic carboxylic acids is 1. The second kappa shape index (κ2) is 17.2. The summed E-state index contributed by atoms with van der Waals surface area (Å²) in [7, 11) is 5.17. The standard InChI is InChI=1S/C35H47N9O5/c1-42(30(45)19-23-9-7-5-4-6-8-10-23)17-18-43(2)35(49)27(15-16-31(46)47)40-34(48)24-11-13-26(14-12-24)44(3)22-25-21-38-28-20-29(36)41-33(37)32(28)39-25/h7,9,11-14,20-21,23,27H,4-6,8,10,15-19,22H2,1-3H3,(H,40,48)(H,46,47)(H4,36,37,41)/b9-7+/t23?,27-/m0/s1. The second-order valence-electron chi connectivity index (χ2n) is 12.6. The number of rotatable bonds is 14. The Morgan fingerprint density at radius 1 is 1.00 bits per heavy atom. The molecule has 0 fully saturated rings. The molecule has 14 heteroatoms. The Kier molecular flexibility index (Phi) is 12.9. The molecule has 2 heterocycles. The van der Waals surface area contributed by atoms with Crippen LogP contribution >= 0.6 is 0 Å². The second-order valence-corrected chi connectivity index (χ2v) is 12.6. The van der Waals surface area contributed by atoms with Gasteiger partial charge in [-0.1, -0.05) is 25.0 Å². The van der Waals surface area contributed by atoms with E-state index in [0.29, 0.717) is 41.8 Å². The maximum Gasteiger partial charge on any atom is 0.303 e. The van der Waals surface area contributed by atoms with E-state index in [0.717, 1.165) is 24.9 Å². The first-order valence-electron chi connectivity index (χ1n) is 16.6. The average molecular weight is 674 g/mol. The minimum atomic E-state index is -1.07. The van der Waals surface area contributed by atoms with Crippen molar-refractivity contribution < 1.29 is 24.3 Å². The molecule has 0 aliphatic heterocycles. The number of hydrogen-bond acceptors (Lipinski definition) is 10. The molecule has 0 saturated heterocycles. The minimum absolute atomic E-state index is 0.0127. The van der Waals surface area contributed by atoms with Crippen LogP contribution in [0.4, 0.5) is 17.3 Å². The molecular weight excluding hydrogens is 626 g/mol. The van der Waals surface area contributed by atoms with E-state index in [1.807, 2.05) is 11.9 Å². The molecule has 2 aromatic heterocycles. The monoisotopic (exact) mass is 673 g/mol. The summed E-state index contributed by atoms with van der Waals surface area (Å²) in [5.41, 5.74) is 14.5. The van der Waals surface area contributed by atoms with Gasteiger partial charge in [-0.3, -0.25) is 24.2 Å². The van der Waals surface area contributed by atoms with Crippen LogP contribution in [0.1, 0.15) is 67.4 Å². The highest BCUT2D eigenvalue weighted by Gasteiger charge is 2.26. The number of nitrogens with one attached hydrogen (secondary N) is 1. The lowest BCUT2D eigenvalue weighted by molar-refractivity contribution is -0.138.